The maximum Gasteiger partial charge on any atom is 0.0644 e. The molecule has 24 N–H and O–H groups in total. The third-order valence-electron chi connectivity index (χ3n) is 15.2. The predicted octanol–water partition coefficient (Wildman–Crippen LogP) is -5.90. The SMILES string of the molecule is NC1C(N)C(N)C2C3NC(NC4NC(NC5NC(NC6NC(N3)C3C(N)C(N)C(N)C(N)C63)C3CCCCC53)C3CCCCC43)C2C1N. The topological polar surface area (TPSA) is 304 Å². The average Bonchev–Trinajstić information content (AvgIpc) is 3.83. The summed E-state index contributed by atoms with van der Waals surface area (Å²) in [7, 11) is 0. The van der Waals surface area contributed by atoms with Crippen molar-refractivity contribution in [3.05, 3.63) is 0 Å². The van der Waals surface area contributed by atoms with E-state index in [1.807, 2.05) is 0 Å². The van der Waals surface area contributed by atoms with E-state index in [0.717, 1.165) is 0 Å². The molecular weight excluding hydrogens is 608 g/mol. The molecule has 9 rings (SSSR count). The largest absolute Gasteiger partial charge is 0.326 e. The van der Waals surface area contributed by atoms with Crippen LogP contribution in [-0.4, -0.2) is 97.7 Å². The number of hydrogen-bond donors (Lipinski definition) is 16. The van der Waals surface area contributed by atoms with Crippen LogP contribution >= 0.6 is 0 Å². The summed E-state index contributed by atoms with van der Waals surface area (Å²) in [6, 6.07) is -2.95. The quantitative estimate of drug-likeness (QED) is 0.114. The summed E-state index contributed by atoms with van der Waals surface area (Å²) in [6.07, 6.45) is 10.0. The molecule has 24 atom stereocenters. The molecule has 9 fully saturated rings. The van der Waals surface area contributed by atoms with Crippen molar-refractivity contribution in [2.75, 3.05) is 0 Å². The van der Waals surface area contributed by atoms with Crippen LogP contribution in [0.5, 0.6) is 0 Å². The van der Waals surface area contributed by atoms with Gasteiger partial charge in [-0.05, 0) is 49.4 Å². The summed E-state index contributed by atoms with van der Waals surface area (Å²) < 4.78 is 0. The van der Waals surface area contributed by atoms with E-state index in [1.54, 1.807) is 0 Å². The molecule has 0 aromatic rings. The number of nitrogens with one attached hydrogen (secondary N) is 8. The van der Waals surface area contributed by atoms with Gasteiger partial charge in [-0.1, -0.05) is 25.7 Å². The lowest BCUT2D eigenvalue weighted by Gasteiger charge is -2.48. The van der Waals surface area contributed by atoms with Gasteiger partial charge >= 0.3 is 0 Å². The van der Waals surface area contributed by atoms with Gasteiger partial charge in [0.1, 0.15) is 0 Å². The first-order chi connectivity index (χ1) is 23.1. The zero-order chi connectivity index (χ0) is 33.2. The Kier molecular flexibility index (Phi) is 8.65. The molecule has 8 bridgehead atoms. The van der Waals surface area contributed by atoms with Gasteiger partial charge in [-0.15, -0.1) is 0 Å². The van der Waals surface area contributed by atoms with Crippen molar-refractivity contribution in [1.29, 1.82) is 0 Å². The van der Waals surface area contributed by atoms with E-state index in [2.05, 4.69) is 42.5 Å². The molecule has 5 heterocycles. The van der Waals surface area contributed by atoms with Crippen molar-refractivity contribution in [3.63, 3.8) is 0 Å². The lowest BCUT2D eigenvalue weighted by atomic mass is 9.67. The van der Waals surface area contributed by atoms with E-state index in [-0.39, 0.29) is 97.2 Å². The van der Waals surface area contributed by atoms with Crippen molar-refractivity contribution in [1.82, 2.24) is 42.5 Å². The zero-order valence-corrected chi connectivity index (χ0v) is 28.1. The highest BCUT2D eigenvalue weighted by atomic mass is 15.4. The Balaban J connectivity index is 1.10. The second-order valence-electron chi connectivity index (χ2n) is 17.3. The van der Waals surface area contributed by atoms with E-state index < -0.39 is 24.2 Å². The van der Waals surface area contributed by atoms with Crippen LogP contribution in [0.1, 0.15) is 51.4 Å². The minimum absolute atomic E-state index is 0.0244. The predicted molar refractivity (Wildman–Crippen MR) is 184 cm³/mol. The molecule has 272 valence electrons. The molecule has 4 aliphatic carbocycles. The first-order valence-electron chi connectivity index (χ1n) is 19.3. The van der Waals surface area contributed by atoms with Gasteiger partial charge in [-0.2, -0.15) is 0 Å². The normalized spacial score (nSPS) is 62.5. The summed E-state index contributed by atoms with van der Waals surface area (Å²) in [5.74, 6) is 1.98. The molecule has 0 aromatic heterocycles. The fourth-order valence-corrected chi connectivity index (χ4v) is 12.7. The molecule has 9 aliphatic rings. The minimum atomic E-state index is -0.415. The Morgan fingerprint density at radius 1 is 0.250 bits per heavy atom. The van der Waals surface area contributed by atoms with E-state index in [9.17, 15) is 0 Å². The Morgan fingerprint density at radius 2 is 0.438 bits per heavy atom. The Bertz CT molecular complexity index is 1090. The number of rotatable bonds is 0. The molecule has 0 radical (unpaired) electrons. The van der Waals surface area contributed by atoms with Crippen molar-refractivity contribution in [3.8, 4) is 0 Å². The van der Waals surface area contributed by atoms with E-state index in [0.29, 0.717) is 23.7 Å². The van der Waals surface area contributed by atoms with Crippen LogP contribution in [-0.2, 0) is 0 Å². The summed E-state index contributed by atoms with van der Waals surface area (Å²) in [5.41, 5.74) is 54.7. The third kappa shape index (κ3) is 5.02. The highest BCUT2D eigenvalue weighted by Gasteiger charge is 2.61. The van der Waals surface area contributed by atoms with Gasteiger partial charge in [-0.3, -0.25) is 42.5 Å². The summed E-state index contributed by atoms with van der Waals surface area (Å²) in [4.78, 5) is 0. The van der Waals surface area contributed by atoms with Crippen LogP contribution in [0, 0.1) is 47.3 Å². The van der Waals surface area contributed by atoms with Crippen molar-refractivity contribution in [2.45, 2.75) is 149 Å². The average molecular weight is 673 g/mol. The maximum absolute atomic E-state index is 6.99. The zero-order valence-electron chi connectivity index (χ0n) is 28.1. The van der Waals surface area contributed by atoms with Crippen molar-refractivity contribution in [2.24, 2.45) is 93.2 Å². The molecule has 0 spiro atoms. The highest BCUT2D eigenvalue weighted by molar-refractivity contribution is 5.19. The van der Waals surface area contributed by atoms with Gasteiger partial charge in [0, 0.05) is 72.0 Å². The molecule has 0 amide bonds. The summed E-state index contributed by atoms with van der Waals surface area (Å²) in [6.45, 7) is 0. The van der Waals surface area contributed by atoms with Gasteiger partial charge in [0.25, 0.3) is 0 Å². The molecule has 5 aliphatic heterocycles. The minimum Gasteiger partial charge on any atom is -0.326 e. The molecule has 0 aromatic carbocycles. The Morgan fingerprint density at radius 3 is 0.667 bits per heavy atom. The van der Waals surface area contributed by atoms with Crippen molar-refractivity contribution < 1.29 is 0 Å². The van der Waals surface area contributed by atoms with E-state index in [4.69, 9.17) is 45.9 Å². The number of fused-ring (bicyclic) bond motifs is 20. The van der Waals surface area contributed by atoms with E-state index in [1.165, 1.54) is 51.4 Å². The Labute approximate surface area is 284 Å². The second-order valence-corrected chi connectivity index (χ2v) is 17.3. The number of nitrogens with two attached hydrogens (primary N) is 8. The molecule has 16 heteroatoms. The van der Waals surface area contributed by atoms with Crippen LogP contribution in [0.15, 0.2) is 0 Å². The molecule has 24 unspecified atom stereocenters. The Hall–Kier alpha value is -0.640. The molecule has 16 nitrogen and oxygen atoms in total. The van der Waals surface area contributed by atoms with Gasteiger partial charge in [0.15, 0.2) is 0 Å². The van der Waals surface area contributed by atoms with Crippen LogP contribution in [0.3, 0.4) is 0 Å². The molecule has 5 saturated heterocycles. The summed E-state index contributed by atoms with van der Waals surface area (Å²) >= 11 is 0. The fourth-order valence-electron chi connectivity index (χ4n) is 12.7. The fraction of sp³-hybridized carbons (Fsp3) is 1.00. The lowest BCUT2D eigenvalue weighted by molar-refractivity contribution is 0.101. The summed E-state index contributed by atoms with van der Waals surface area (Å²) in [5, 5.41) is 32.3. The highest BCUT2D eigenvalue weighted by Crippen LogP contribution is 2.45. The van der Waals surface area contributed by atoms with Crippen LogP contribution in [0.4, 0.5) is 0 Å². The molecular formula is C32H64N16. The van der Waals surface area contributed by atoms with Crippen LogP contribution < -0.4 is 88.4 Å². The molecule has 48 heavy (non-hydrogen) atoms. The second kappa shape index (κ2) is 12.5. The van der Waals surface area contributed by atoms with Gasteiger partial charge in [-0.25, -0.2) is 0 Å². The monoisotopic (exact) mass is 673 g/mol. The van der Waals surface area contributed by atoms with Crippen LogP contribution in [0.2, 0.25) is 0 Å². The van der Waals surface area contributed by atoms with Crippen LogP contribution in [0.25, 0.3) is 0 Å². The number of hydrogen-bond acceptors (Lipinski definition) is 16. The smallest absolute Gasteiger partial charge is 0.0644 e. The molecule has 4 saturated carbocycles. The first-order valence-corrected chi connectivity index (χ1v) is 19.3. The van der Waals surface area contributed by atoms with Gasteiger partial charge < -0.3 is 45.9 Å². The van der Waals surface area contributed by atoms with Gasteiger partial charge in [0.05, 0.1) is 49.3 Å². The third-order valence-corrected chi connectivity index (χ3v) is 15.2. The maximum atomic E-state index is 6.99. The van der Waals surface area contributed by atoms with E-state index >= 15 is 0 Å². The standard InChI is InChI=1S/C32H64N16/c33-17-13-15(19(35)23(39)21(17)37)31-46-29(13)44-27-11-7-3-1-5-9(11)25(42-27)41-26-10-6-2-4-8-12(10)28(43-26)45-30-14-16(32(47-30)48-31)20(36)24(40)22(38)18(14)34/h9-32,41-48H,1-8,33-40H2. The van der Waals surface area contributed by atoms with Gasteiger partial charge in [0.2, 0.25) is 0 Å². The lowest BCUT2D eigenvalue weighted by Crippen LogP contribution is -2.73. The van der Waals surface area contributed by atoms with Crippen molar-refractivity contribution >= 4 is 0 Å². The first kappa shape index (κ1) is 33.2.